The summed E-state index contributed by atoms with van der Waals surface area (Å²) in [6.07, 6.45) is 9.36. The lowest BCUT2D eigenvalue weighted by Gasteiger charge is -2.29. The van der Waals surface area contributed by atoms with E-state index in [0.717, 1.165) is 16.7 Å². The van der Waals surface area contributed by atoms with E-state index in [1.54, 1.807) is 18.5 Å². The predicted octanol–water partition coefficient (Wildman–Crippen LogP) is 5.63. The SMILES string of the molecule is C=CNc1ncc(-c2cccc(F)c2)cc1C(C)C(=O)N[C@H](C)C1CCCCC1. The van der Waals surface area contributed by atoms with Crippen molar-refractivity contribution in [1.29, 1.82) is 0 Å². The fraction of sp³-hybridized carbons (Fsp3) is 0.417. The molecule has 1 aliphatic carbocycles. The molecule has 2 N–H and O–H groups in total. The van der Waals surface area contributed by atoms with Gasteiger partial charge in [0, 0.05) is 23.4 Å². The maximum Gasteiger partial charge on any atom is 0.227 e. The Bertz CT molecular complexity index is 861. The van der Waals surface area contributed by atoms with Crippen molar-refractivity contribution in [2.24, 2.45) is 5.92 Å². The molecule has 2 aromatic rings. The normalized spacial score (nSPS) is 16.7. The summed E-state index contributed by atoms with van der Waals surface area (Å²) in [7, 11) is 0. The molecule has 1 amide bonds. The molecule has 154 valence electrons. The third kappa shape index (κ3) is 5.22. The number of benzene rings is 1. The van der Waals surface area contributed by atoms with Crippen molar-refractivity contribution in [3.05, 3.63) is 60.7 Å². The fourth-order valence-corrected chi connectivity index (χ4v) is 4.10. The Balaban J connectivity index is 1.83. The number of amides is 1. The average Bonchev–Trinajstić information content (AvgIpc) is 2.74. The Labute approximate surface area is 172 Å². The number of anilines is 1. The summed E-state index contributed by atoms with van der Waals surface area (Å²) < 4.78 is 13.7. The number of pyridine rings is 1. The molecular formula is C24H30FN3O. The minimum Gasteiger partial charge on any atom is -0.353 e. The Morgan fingerprint density at radius 1 is 1.21 bits per heavy atom. The van der Waals surface area contributed by atoms with E-state index in [0.29, 0.717) is 11.7 Å². The van der Waals surface area contributed by atoms with Crippen molar-refractivity contribution in [3.8, 4) is 11.1 Å². The van der Waals surface area contributed by atoms with E-state index in [1.165, 1.54) is 44.2 Å². The summed E-state index contributed by atoms with van der Waals surface area (Å²) in [6, 6.07) is 8.44. The van der Waals surface area contributed by atoms with Gasteiger partial charge in [-0.2, -0.15) is 0 Å². The molecule has 3 rings (SSSR count). The quantitative estimate of drug-likeness (QED) is 0.639. The summed E-state index contributed by atoms with van der Waals surface area (Å²) in [5.41, 5.74) is 2.26. The summed E-state index contributed by atoms with van der Waals surface area (Å²) in [4.78, 5) is 17.5. The molecule has 0 aliphatic heterocycles. The Morgan fingerprint density at radius 2 is 1.97 bits per heavy atom. The number of carbonyl (C=O) groups is 1. The van der Waals surface area contributed by atoms with Crippen LogP contribution < -0.4 is 10.6 Å². The maximum absolute atomic E-state index is 13.7. The molecule has 0 bridgehead atoms. The molecule has 29 heavy (non-hydrogen) atoms. The molecular weight excluding hydrogens is 365 g/mol. The Kier molecular flexibility index (Phi) is 7.02. The topological polar surface area (TPSA) is 54.0 Å². The van der Waals surface area contributed by atoms with Gasteiger partial charge in [-0.25, -0.2) is 9.37 Å². The first-order valence-electron chi connectivity index (χ1n) is 10.4. The molecule has 1 unspecified atom stereocenters. The van der Waals surface area contributed by atoms with Gasteiger partial charge in [-0.05, 0) is 62.6 Å². The molecule has 1 aliphatic rings. The van der Waals surface area contributed by atoms with Gasteiger partial charge in [0.1, 0.15) is 11.6 Å². The van der Waals surface area contributed by atoms with Crippen LogP contribution in [-0.4, -0.2) is 16.9 Å². The van der Waals surface area contributed by atoms with Gasteiger partial charge in [0.25, 0.3) is 0 Å². The number of hydrogen-bond donors (Lipinski definition) is 2. The van der Waals surface area contributed by atoms with Crippen molar-refractivity contribution in [2.45, 2.75) is 57.9 Å². The third-order valence-corrected chi connectivity index (χ3v) is 5.90. The van der Waals surface area contributed by atoms with Crippen LogP contribution in [0.25, 0.3) is 11.1 Å². The number of aromatic nitrogens is 1. The molecule has 1 fully saturated rings. The van der Waals surface area contributed by atoms with E-state index >= 15 is 0 Å². The third-order valence-electron chi connectivity index (χ3n) is 5.90. The van der Waals surface area contributed by atoms with Crippen LogP contribution in [0, 0.1) is 11.7 Å². The van der Waals surface area contributed by atoms with Crippen LogP contribution in [0.1, 0.15) is 57.4 Å². The minimum atomic E-state index is -0.399. The lowest BCUT2D eigenvalue weighted by molar-refractivity contribution is -0.123. The number of halogens is 1. The first-order chi connectivity index (χ1) is 14.0. The predicted molar refractivity (Wildman–Crippen MR) is 116 cm³/mol. The molecule has 1 aromatic heterocycles. The van der Waals surface area contributed by atoms with Crippen LogP contribution in [0.2, 0.25) is 0 Å². The number of nitrogens with zero attached hydrogens (tertiary/aromatic N) is 1. The Morgan fingerprint density at radius 3 is 2.66 bits per heavy atom. The zero-order valence-electron chi connectivity index (χ0n) is 17.2. The largest absolute Gasteiger partial charge is 0.353 e. The van der Waals surface area contributed by atoms with Gasteiger partial charge in [-0.3, -0.25) is 4.79 Å². The van der Waals surface area contributed by atoms with Gasteiger partial charge in [0.05, 0.1) is 5.92 Å². The van der Waals surface area contributed by atoms with Crippen molar-refractivity contribution >= 4 is 11.7 Å². The molecule has 5 heteroatoms. The lowest BCUT2D eigenvalue weighted by atomic mass is 9.84. The summed E-state index contributed by atoms with van der Waals surface area (Å²) >= 11 is 0. The van der Waals surface area contributed by atoms with E-state index in [2.05, 4.69) is 29.1 Å². The summed E-state index contributed by atoms with van der Waals surface area (Å²) in [5, 5.41) is 6.22. The fourth-order valence-electron chi connectivity index (χ4n) is 4.10. The second-order valence-corrected chi connectivity index (χ2v) is 7.94. The average molecular weight is 396 g/mol. The molecule has 0 spiro atoms. The van der Waals surface area contributed by atoms with Gasteiger partial charge in [-0.15, -0.1) is 0 Å². The monoisotopic (exact) mass is 395 g/mol. The van der Waals surface area contributed by atoms with E-state index in [1.807, 2.05) is 19.1 Å². The van der Waals surface area contributed by atoms with Gasteiger partial charge >= 0.3 is 0 Å². The van der Waals surface area contributed by atoms with E-state index in [4.69, 9.17) is 0 Å². The first kappa shape index (κ1) is 21.0. The highest BCUT2D eigenvalue weighted by atomic mass is 19.1. The first-order valence-corrected chi connectivity index (χ1v) is 10.4. The summed E-state index contributed by atoms with van der Waals surface area (Å²) in [5.74, 6) is 0.415. The van der Waals surface area contributed by atoms with Crippen molar-refractivity contribution in [2.75, 3.05) is 5.32 Å². The van der Waals surface area contributed by atoms with Crippen LogP contribution in [0.5, 0.6) is 0 Å². The summed E-state index contributed by atoms with van der Waals surface area (Å²) in [6.45, 7) is 7.68. The zero-order chi connectivity index (χ0) is 20.8. The Hall–Kier alpha value is -2.69. The number of nitrogens with one attached hydrogen (secondary N) is 2. The van der Waals surface area contributed by atoms with Crippen molar-refractivity contribution in [1.82, 2.24) is 10.3 Å². The highest BCUT2D eigenvalue weighted by Gasteiger charge is 2.25. The number of carbonyl (C=O) groups excluding carboxylic acids is 1. The van der Waals surface area contributed by atoms with E-state index in [-0.39, 0.29) is 17.8 Å². The van der Waals surface area contributed by atoms with Gasteiger partial charge in [-0.1, -0.05) is 38.0 Å². The molecule has 0 saturated heterocycles. The molecule has 1 heterocycles. The highest BCUT2D eigenvalue weighted by Crippen LogP contribution is 2.30. The van der Waals surface area contributed by atoms with Crippen LogP contribution in [0.4, 0.5) is 10.2 Å². The standard InChI is InChI=1S/C24H30FN3O/c1-4-26-23-22(14-20(15-27-23)19-11-8-12-21(25)13-19)16(2)24(29)28-17(3)18-9-6-5-7-10-18/h4,8,11-18H,1,5-7,9-10H2,2-3H3,(H,26,27)(H,28,29)/t16?,17-/m1/s1. The minimum absolute atomic E-state index is 0.0200. The van der Waals surface area contributed by atoms with Gasteiger partial charge in [0.2, 0.25) is 5.91 Å². The van der Waals surface area contributed by atoms with Gasteiger partial charge < -0.3 is 10.6 Å². The van der Waals surface area contributed by atoms with Crippen LogP contribution in [-0.2, 0) is 4.79 Å². The van der Waals surface area contributed by atoms with Crippen LogP contribution in [0.15, 0.2) is 49.3 Å². The molecule has 4 nitrogen and oxygen atoms in total. The molecule has 1 aromatic carbocycles. The highest BCUT2D eigenvalue weighted by molar-refractivity contribution is 5.85. The van der Waals surface area contributed by atoms with Gasteiger partial charge in [0.15, 0.2) is 0 Å². The number of hydrogen-bond acceptors (Lipinski definition) is 3. The van der Waals surface area contributed by atoms with Crippen molar-refractivity contribution < 1.29 is 9.18 Å². The molecule has 0 radical (unpaired) electrons. The van der Waals surface area contributed by atoms with E-state index in [9.17, 15) is 9.18 Å². The van der Waals surface area contributed by atoms with Crippen LogP contribution in [0.3, 0.4) is 0 Å². The zero-order valence-corrected chi connectivity index (χ0v) is 17.2. The maximum atomic E-state index is 13.7. The van der Waals surface area contributed by atoms with E-state index < -0.39 is 5.92 Å². The molecule has 1 saturated carbocycles. The second kappa shape index (κ2) is 9.68. The number of rotatable bonds is 7. The smallest absolute Gasteiger partial charge is 0.227 e. The van der Waals surface area contributed by atoms with Crippen molar-refractivity contribution in [3.63, 3.8) is 0 Å². The second-order valence-electron chi connectivity index (χ2n) is 7.94. The van der Waals surface area contributed by atoms with Crippen LogP contribution >= 0.6 is 0 Å². The molecule has 2 atom stereocenters. The lowest BCUT2D eigenvalue weighted by Crippen LogP contribution is -2.40.